The molecule has 0 spiro atoms. The molecule has 86 valence electrons. The second kappa shape index (κ2) is 11.2. The molecule has 0 aromatic carbocycles. The number of aldehydes is 2. The highest BCUT2D eigenvalue weighted by Crippen LogP contribution is 2.08. The van der Waals surface area contributed by atoms with E-state index in [2.05, 4.69) is 6.92 Å². The molecule has 0 aromatic heterocycles. The highest BCUT2D eigenvalue weighted by atomic mass is 16.1. The molecule has 15 heavy (non-hydrogen) atoms. The van der Waals surface area contributed by atoms with Crippen molar-refractivity contribution in [3.05, 3.63) is 11.6 Å². The molecule has 0 rings (SSSR count). The van der Waals surface area contributed by atoms with Crippen LogP contribution in [-0.2, 0) is 9.59 Å². The lowest BCUT2D eigenvalue weighted by atomic mass is 10.1. The Morgan fingerprint density at radius 1 is 1.00 bits per heavy atom. The van der Waals surface area contributed by atoms with Crippen LogP contribution in [0.5, 0.6) is 0 Å². The van der Waals surface area contributed by atoms with E-state index in [0.29, 0.717) is 12.8 Å². The van der Waals surface area contributed by atoms with Crippen LogP contribution in [-0.4, -0.2) is 12.6 Å². The molecule has 0 unspecified atom stereocenters. The smallest absolute Gasteiger partial charge is 0.145 e. The second-order valence-corrected chi connectivity index (χ2v) is 3.81. The molecule has 0 fully saturated rings. The van der Waals surface area contributed by atoms with Crippen molar-refractivity contribution in [2.45, 2.75) is 58.3 Å². The Labute approximate surface area is 92.8 Å². The van der Waals surface area contributed by atoms with Gasteiger partial charge in [-0.3, -0.25) is 4.79 Å². The van der Waals surface area contributed by atoms with Crippen LogP contribution in [0.25, 0.3) is 0 Å². The molecule has 0 aliphatic carbocycles. The normalized spacial score (nSPS) is 11.4. The van der Waals surface area contributed by atoms with E-state index in [4.69, 9.17) is 0 Å². The van der Waals surface area contributed by atoms with Gasteiger partial charge in [-0.15, -0.1) is 0 Å². The molecule has 0 aliphatic rings. The quantitative estimate of drug-likeness (QED) is 0.314. The molecule has 2 heteroatoms. The molecule has 2 nitrogen and oxygen atoms in total. The van der Waals surface area contributed by atoms with Gasteiger partial charge in [0.2, 0.25) is 0 Å². The van der Waals surface area contributed by atoms with Crippen LogP contribution in [0.4, 0.5) is 0 Å². The van der Waals surface area contributed by atoms with E-state index in [1.165, 1.54) is 25.7 Å². The van der Waals surface area contributed by atoms with Crippen molar-refractivity contribution in [3.63, 3.8) is 0 Å². The fourth-order valence-electron chi connectivity index (χ4n) is 1.47. The van der Waals surface area contributed by atoms with E-state index in [1.807, 2.05) is 6.08 Å². The number of unbranched alkanes of at least 4 members (excludes halogenated alkanes) is 5. The van der Waals surface area contributed by atoms with Gasteiger partial charge in [0.15, 0.2) is 0 Å². The lowest BCUT2D eigenvalue weighted by Gasteiger charge is -1.98. The van der Waals surface area contributed by atoms with Crippen LogP contribution in [0.3, 0.4) is 0 Å². The third kappa shape index (κ3) is 9.39. The monoisotopic (exact) mass is 210 g/mol. The summed E-state index contributed by atoms with van der Waals surface area (Å²) >= 11 is 0. The van der Waals surface area contributed by atoms with Gasteiger partial charge in [-0.1, -0.05) is 38.7 Å². The summed E-state index contributed by atoms with van der Waals surface area (Å²) < 4.78 is 0. The molecule has 0 heterocycles. The summed E-state index contributed by atoms with van der Waals surface area (Å²) in [6, 6.07) is 0. The summed E-state index contributed by atoms with van der Waals surface area (Å²) in [4.78, 5) is 20.7. The molecule has 0 saturated carbocycles. The van der Waals surface area contributed by atoms with E-state index in [9.17, 15) is 9.59 Å². The maximum absolute atomic E-state index is 10.6. The Bertz CT molecular complexity index is 195. The van der Waals surface area contributed by atoms with Crippen molar-refractivity contribution in [3.8, 4) is 0 Å². The van der Waals surface area contributed by atoms with Crippen LogP contribution in [0, 0.1) is 0 Å². The zero-order chi connectivity index (χ0) is 11.4. The molecule has 0 radical (unpaired) electrons. The highest BCUT2D eigenvalue weighted by molar-refractivity contribution is 5.73. The standard InChI is InChI=1S/C13H22O2/c1-2-3-4-5-6-7-9-13(12-15)10-8-11-14/h9,11-12H,2-8,10H2,1H3/b13-9-. The van der Waals surface area contributed by atoms with E-state index in [-0.39, 0.29) is 0 Å². The first-order valence-corrected chi connectivity index (χ1v) is 5.93. The first-order valence-electron chi connectivity index (χ1n) is 5.93. The molecule has 0 bridgehead atoms. The van der Waals surface area contributed by atoms with Crippen molar-refractivity contribution in [1.82, 2.24) is 0 Å². The first kappa shape index (κ1) is 14.1. The molecule has 0 N–H and O–H groups in total. The van der Waals surface area contributed by atoms with Crippen molar-refractivity contribution in [2.75, 3.05) is 0 Å². The molecule has 0 aliphatic heterocycles. The first-order chi connectivity index (χ1) is 7.35. The summed E-state index contributed by atoms with van der Waals surface area (Å²) in [6.45, 7) is 2.20. The van der Waals surface area contributed by atoms with Gasteiger partial charge in [0.1, 0.15) is 12.6 Å². The Morgan fingerprint density at radius 3 is 2.33 bits per heavy atom. The number of rotatable bonds is 10. The zero-order valence-electron chi connectivity index (χ0n) is 9.71. The molecule has 0 atom stereocenters. The van der Waals surface area contributed by atoms with Crippen molar-refractivity contribution in [1.29, 1.82) is 0 Å². The van der Waals surface area contributed by atoms with Gasteiger partial charge in [-0.2, -0.15) is 0 Å². The van der Waals surface area contributed by atoms with Crippen molar-refractivity contribution < 1.29 is 9.59 Å². The third-order valence-electron chi connectivity index (χ3n) is 2.42. The van der Waals surface area contributed by atoms with E-state index in [0.717, 1.165) is 31.0 Å². The molecular weight excluding hydrogens is 188 g/mol. The number of carbonyl (C=O) groups is 2. The SMILES string of the molecule is CCCCCCC/C=C(\C=O)CCC=O. The highest BCUT2D eigenvalue weighted by Gasteiger charge is 1.94. The lowest BCUT2D eigenvalue weighted by Crippen LogP contribution is -1.87. The third-order valence-corrected chi connectivity index (χ3v) is 2.42. The summed E-state index contributed by atoms with van der Waals surface area (Å²) in [5.74, 6) is 0. The largest absolute Gasteiger partial charge is 0.303 e. The molecular formula is C13H22O2. The van der Waals surface area contributed by atoms with Crippen molar-refractivity contribution >= 4 is 12.6 Å². The predicted molar refractivity (Wildman–Crippen MR) is 62.8 cm³/mol. The maximum atomic E-state index is 10.6. The van der Waals surface area contributed by atoms with Gasteiger partial charge in [0.25, 0.3) is 0 Å². The van der Waals surface area contributed by atoms with Gasteiger partial charge in [-0.05, 0) is 24.8 Å². The van der Waals surface area contributed by atoms with E-state index in [1.54, 1.807) is 0 Å². The minimum Gasteiger partial charge on any atom is -0.303 e. The topological polar surface area (TPSA) is 34.1 Å². The second-order valence-electron chi connectivity index (χ2n) is 3.81. The minimum absolute atomic E-state index is 0.459. The van der Waals surface area contributed by atoms with Gasteiger partial charge >= 0.3 is 0 Å². The molecule has 0 amide bonds. The minimum atomic E-state index is 0.459. The van der Waals surface area contributed by atoms with Crippen LogP contribution >= 0.6 is 0 Å². The zero-order valence-corrected chi connectivity index (χ0v) is 9.71. The van der Waals surface area contributed by atoms with Crippen LogP contribution in [0.1, 0.15) is 58.3 Å². The predicted octanol–water partition coefficient (Wildman–Crippen LogP) is 3.45. The Hall–Kier alpha value is -0.920. The maximum Gasteiger partial charge on any atom is 0.145 e. The van der Waals surface area contributed by atoms with Crippen LogP contribution in [0.15, 0.2) is 11.6 Å². The van der Waals surface area contributed by atoms with E-state index < -0.39 is 0 Å². The Morgan fingerprint density at radius 2 is 1.73 bits per heavy atom. The average Bonchev–Trinajstić information content (AvgIpc) is 2.27. The fraction of sp³-hybridized carbons (Fsp3) is 0.692. The summed E-state index contributed by atoms with van der Waals surface area (Å²) in [5.41, 5.74) is 0.776. The molecule has 0 aromatic rings. The number of hydrogen-bond donors (Lipinski definition) is 0. The lowest BCUT2D eigenvalue weighted by molar-refractivity contribution is -0.107. The summed E-state index contributed by atoms with van der Waals surface area (Å²) in [5, 5.41) is 0. The van der Waals surface area contributed by atoms with Gasteiger partial charge in [-0.25, -0.2) is 0 Å². The molecule has 0 saturated heterocycles. The number of hydrogen-bond acceptors (Lipinski definition) is 2. The summed E-state index contributed by atoms with van der Waals surface area (Å²) in [6.07, 6.45) is 12.0. The number of allylic oxidation sites excluding steroid dienone is 2. The van der Waals surface area contributed by atoms with Gasteiger partial charge in [0.05, 0.1) is 0 Å². The van der Waals surface area contributed by atoms with E-state index >= 15 is 0 Å². The summed E-state index contributed by atoms with van der Waals surface area (Å²) in [7, 11) is 0. The fourth-order valence-corrected chi connectivity index (χ4v) is 1.47. The Balaban J connectivity index is 3.52. The van der Waals surface area contributed by atoms with Crippen LogP contribution < -0.4 is 0 Å². The van der Waals surface area contributed by atoms with Crippen LogP contribution in [0.2, 0.25) is 0 Å². The average molecular weight is 210 g/mol. The number of carbonyl (C=O) groups excluding carboxylic acids is 2. The van der Waals surface area contributed by atoms with Gasteiger partial charge < -0.3 is 4.79 Å². The van der Waals surface area contributed by atoms with Crippen molar-refractivity contribution in [2.24, 2.45) is 0 Å². The van der Waals surface area contributed by atoms with Gasteiger partial charge in [0, 0.05) is 6.42 Å². The Kier molecular flexibility index (Phi) is 10.5.